The number of hydrogen-bond donors (Lipinski definition) is 2. The second-order valence-electron chi connectivity index (χ2n) is 10.5. The molecule has 2 aliphatic heterocycles. The fourth-order valence-electron chi connectivity index (χ4n) is 5.66. The number of fused-ring (bicyclic) bond motifs is 1. The van der Waals surface area contributed by atoms with Gasteiger partial charge in [0.15, 0.2) is 0 Å². The fourth-order valence-corrected chi connectivity index (χ4v) is 5.84. The van der Waals surface area contributed by atoms with Gasteiger partial charge in [-0.2, -0.15) is 0 Å². The number of carbonyl (C=O) groups excluding carboxylic acids is 3. The van der Waals surface area contributed by atoms with E-state index in [0.29, 0.717) is 53.6 Å². The van der Waals surface area contributed by atoms with Crippen LogP contribution in [0.2, 0.25) is 5.02 Å². The lowest BCUT2D eigenvalue weighted by Crippen LogP contribution is -2.46. The van der Waals surface area contributed by atoms with Gasteiger partial charge in [0.1, 0.15) is 5.75 Å². The number of rotatable bonds is 6. The minimum Gasteiger partial charge on any atom is -0.496 e. The minimum absolute atomic E-state index is 0. The summed E-state index contributed by atoms with van der Waals surface area (Å²) >= 11 is 6.42. The monoisotopic (exact) mass is 610 g/mol. The third-order valence-corrected chi connectivity index (χ3v) is 8.10. The quantitative estimate of drug-likeness (QED) is 0.375. The molecule has 0 aliphatic carbocycles. The van der Waals surface area contributed by atoms with E-state index >= 15 is 0 Å². The van der Waals surface area contributed by atoms with E-state index in [1.165, 1.54) is 7.11 Å². The van der Waals surface area contributed by atoms with Crippen molar-refractivity contribution in [3.8, 4) is 5.75 Å². The lowest BCUT2D eigenvalue weighted by molar-refractivity contribution is -0.132. The number of benzene rings is 3. The summed E-state index contributed by atoms with van der Waals surface area (Å²) in [6.07, 6.45) is 1.90. The van der Waals surface area contributed by atoms with Crippen molar-refractivity contribution in [2.45, 2.75) is 32.1 Å². The molecule has 222 valence electrons. The summed E-state index contributed by atoms with van der Waals surface area (Å²) in [4.78, 5) is 43.7. The van der Waals surface area contributed by atoms with Crippen molar-refractivity contribution in [3.63, 3.8) is 0 Å². The van der Waals surface area contributed by atoms with E-state index < -0.39 is 0 Å². The first-order valence-electron chi connectivity index (χ1n) is 14.0. The summed E-state index contributed by atoms with van der Waals surface area (Å²) in [6.45, 7) is 5.41. The molecule has 0 saturated carbocycles. The van der Waals surface area contributed by atoms with Crippen molar-refractivity contribution in [2.75, 3.05) is 50.1 Å². The lowest BCUT2D eigenvalue weighted by atomic mass is 9.90. The van der Waals surface area contributed by atoms with E-state index in [2.05, 4.69) is 10.6 Å². The predicted molar refractivity (Wildman–Crippen MR) is 169 cm³/mol. The predicted octanol–water partition coefficient (Wildman–Crippen LogP) is 5.68. The summed E-state index contributed by atoms with van der Waals surface area (Å²) in [6, 6.07) is 18.0. The van der Waals surface area contributed by atoms with Crippen molar-refractivity contribution >= 4 is 53.1 Å². The van der Waals surface area contributed by atoms with Crippen molar-refractivity contribution in [2.24, 2.45) is 0 Å². The maximum absolute atomic E-state index is 14.0. The molecule has 0 radical (unpaired) electrons. The van der Waals surface area contributed by atoms with Crippen LogP contribution in [0, 0.1) is 6.92 Å². The third-order valence-electron chi connectivity index (χ3n) is 7.87. The van der Waals surface area contributed by atoms with Crippen LogP contribution >= 0.6 is 24.0 Å². The number of carbonyl (C=O) groups is 3. The second kappa shape index (κ2) is 14.1. The Balaban J connectivity index is 0.00000405. The van der Waals surface area contributed by atoms with Crippen molar-refractivity contribution < 1.29 is 19.1 Å². The van der Waals surface area contributed by atoms with E-state index in [-0.39, 0.29) is 36.0 Å². The molecule has 5 rings (SSSR count). The molecule has 2 heterocycles. The molecule has 8 nitrogen and oxygen atoms in total. The molecule has 0 aromatic heterocycles. The SMILES string of the molecule is COc1cc(NC(=O)c2ccccc2C)ccc1C(=O)N1CCCC(CC(=O)N2CCNCC2)c2cc(Cl)ccc21.Cl. The van der Waals surface area contributed by atoms with Gasteiger partial charge in [0.05, 0.1) is 12.7 Å². The summed E-state index contributed by atoms with van der Waals surface area (Å²) in [5.74, 6) is 0.0139. The summed E-state index contributed by atoms with van der Waals surface area (Å²) in [5.41, 5.74) is 4.04. The number of anilines is 2. The van der Waals surface area contributed by atoms with E-state index in [9.17, 15) is 14.4 Å². The van der Waals surface area contributed by atoms with Crippen LogP contribution in [0.25, 0.3) is 0 Å². The van der Waals surface area contributed by atoms with Crippen LogP contribution in [-0.4, -0.2) is 62.5 Å². The van der Waals surface area contributed by atoms with Crippen LogP contribution in [0.3, 0.4) is 0 Å². The maximum Gasteiger partial charge on any atom is 0.262 e. The van der Waals surface area contributed by atoms with E-state index in [0.717, 1.165) is 42.7 Å². The highest BCUT2D eigenvalue weighted by Gasteiger charge is 2.31. The van der Waals surface area contributed by atoms with Gasteiger partial charge in [0.2, 0.25) is 5.91 Å². The zero-order valence-electron chi connectivity index (χ0n) is 23.8. The van der Waals surface area contributed by atoms with Crippen LogP contribution in [0.15, 0.2) is 60.7 Å². The number of aryl methyl sites for hydroxylation is 1. The zero-order chi connectivity index (χ0) is 28.9. The smallest absolute Gasteiger partial charge is 0.262 e. The Labute approximate surface area is 257 Å². The first-order chi connectivity index (χ1) is 19.9. The Morgan fingerprint density at radius 3 is 2.50 bits per heavy atom. The zero-order valence-corrected chi connectivity index (χ0v) is 25.4. The lowest BCUT2D eigenvalue weighted by Gasteiger charge is -2.29. The van der Waals surface area contributed by atoms with Gasteiger partial charge >= 0.3 is 0 Å². The molecule has 2 N–H and O–H groups in total. The van der Waals surface area contributed by atoms with Crippen molar-refractivity contribution in [1.82, 2.24) is 10.2 Å². The second-order valence-corrected chi connectivity index (χ2v) is 11.0. The van der Waals surface area contributed by atoms with Gasteiger partial charge in [-0.1, -0.05) is 29.8 Å². The molecule has 0 spiro atoms. The summed E-state index contributed by atoms with van der Waals surface area (Å²) in [7, 11) is 1.51. The van der Waals surface area contributed by atoms with Gasteiger partial charge in [0.25, 0.3) is 11.8 Å². The molecular formula is C32H36Cl2N4O4. The third kappa shape index (κ3) is 6.89. The molecule has 1 unspecified atom stereocenters. The Bertz CT molecular complexity index is 1460. The van der Waals surface area contributed by atoms with Gasteiger partial charge in [-0.15, -0.1) is 12.4 Å². The Kier molecular flexibility index (Phi) is 10.5. The van der Waals surface area contributed by atoms with Gasteiger partial charge in [-0.25, -0.2) is 0 Å². The van der Waals surface area contributed by atoms with Crippen molar-refractivity contribution in [1.29, 1.82) is 0 Å². The van der Waals surface area contributed by atoms with Gasteiger partial charge < -0.3 is 25.2 Å². The maximum atomic E-state index is 14.0. The van der Waals surface area contributed by atoms with Crippen LogP contribution in [0.1, 0.15) is 57.0 Å². The van der Waals surface area contributed by atoms with Crippen LogP contribution < -0.4 is 20.3 Å². The number of ether oxygens (including phenoxy) is 1. The highest BCUT2D eigenvalue weighted by Crippen LogP contribution is 2.39. The number of methoxy groups -OCH3 is 1. The Morgan fingerprint density at radius 1 is 1.00 bits per heavy atom. The van der Waals surface area contributed by atoms with Crippen LogP contribution in [0.4, 0.5) is 11.4 Å². The van der Waals surface area contributed by atoms with E-state index in [1.807, 2.05) is 42.2 Å². The average Bonchev–Trinajstić information content (AvgIpc) is 3.16. The highest BCUT2D eigenvalue weighted by molar-refractivity contribution is 6.30. The number of halogens is 2. The molecule has 0 bridgehead atoms. The molecule has 1 atom stereocenters. The van der Waals surface area contributed by atoms with Crippen molar-refractivity contribution in [3.05, 3.63) is 87.9 Å². The Morgan fingerprint density at radius 2 is 1.76 bits per heavy atom. The number of hydrogen-bond acceptors (Lipinski definition) is 5. The average molecular weight is 612 g/mol. The molecule has 10 heteroatoms. The number of amides is 3. The normalized spacial score (nSPS) is 16.5. The van der Waals surface area contributed by atoms with E-state index in [4.69, 9.17) is 16.3 Å². The molecule has 3 aromatic rings. The molecule has 2 aliphatic rings. The van der Waals surface area contributed by atoms with E-state index in [1.54, 1.807) is 35.2 Å². The van der Waals surface area contributed by atoms with Gasteiger partial charge in [-0.3, -0.25) is 14.4 Å². The number of nitrogens with zero attached hydrogens (tertiary/aromatic N) is 2. The first-order valence-corrected chi connectivity index (χ1v) is 14.4. The standard InChI is InChI=1S/C32H35ClN4O4.ClH/c1-21-6-3-4-8-25(21)31(39)35-24-10-11-26(29(20-24)41-2)32(40)37-15-5-7-22(27-19-23(33)9-12-28(27)37)18-30(38)36-16-13-34-14-17-36;/h3-4,6,8-12,19-20,22,34H,5,7,13-18H2,1-2H3,(H,35,39);1H. The fraction of sp³-hybridized carbons (Fsp3) is 0.344. The highest BCUT2D eigenvalue weighted by atomic mass is 35.5. The van der Waals surface area contributed by atoms with Crippen LogP contribution in [-0.2, 0) is 4.79 Å². The number of piperazine rings is 1. The molecule has 42 heavy (non-hydrogen) atoms. The first kappa shape index (κ1) is 31.3. The molecule has 1 fully saturated rings. The Hall–Kier alpha value is -3.59. The summed E-state index contributed by atoms with van der Waals surface area (Å²) in [5, 5.41) is 6.76. The molecular weight excluding hydrogens is 575 g/mol. The van der Waals surface area contributed by atoms with Crippen LogP contribution in [0.5, 0.6) is 5.75 Å². The summed E-state index contributed by atoms with van der Waals surface area (Å²) < 4.78 is 5.61. The molecule has 1 saturated heterocycles. The molecule has 3 amide bonds. The topological polar surface area (TPSA) is 91.0 Å². The van der Waals surface area contributed by atoms with Gasteiger partial charge in [-0.05, 0) is 73.2 Å². The largest absolute Gasteiger partial charge is 0.496 e. The minimum atomic E-state index is -0.232. The molecule has 3 aromatic carbocycles. The van der Waals surface area contributed by atoms with Gasteiger partial charge in [0, 0.05) is 67.2 Å². The number of nitrogens with one attached hydrogen (secondary N) is 2.